The van der Waals surface area contributed by atoms with Crippen molar-refractivity contribution in [2.24, 2.45) is 0 Å². The smallest absolute Gasteiger partial charge is 0.329 e. The number of amides is 3. The molecule has 1 aromatic carbocycles. The summed E-state index contributed by atoms with van der Waals surface area (Å²) in [7, 11) is 0. The van der Waals surface area contributed by atoms with Crippen LogP contribution in [0.3, 0.4) is 0 Å². The highest BCUT2D eigenvalue weighted by Crippen LogP contribution is 2.39. The Hall–Kier alpha value is -3.23. The van der Waals surface area contributed by atoms with Gasteiger partial charge < -0.3 is 24.6 Å². The molecule has 0 atom stereocenters. The Morgan fingerprint density at radius 3 is 2.75 bits per heavy atom. The van der Waals surface area contributed by atoms with Crippen molar-refractivity contribution in [3.05, 3.63) is 23.4 Å². The third-order valence-electron chi connectivity index (χ3n) is 3.36. The van der Waals surface area contributed by atoms with Gasteiger partial charge in [0.15, 0.2) is 11.5 Å². The standard InChI is InChI=1S/C15H14N2O7/c1-2-22-10-5-12-11(23-7-24-12)4-8(10)3-9-14(20)17(6-13(18)19)15(21)16-9/h3-5H,2,6-7H2,1H3,(H,16,21)(H,18,19)/b9-3+. The maximum Gasteiger partial charge on any atom is 0.329 e. The number of urea groups is 1. The molecule has 3 rings (SSSR count). The summed E-state index contributed by atoms with van der Waals surface area (Å²) < 4.78 is 16.1. The Bertz CT molecular complexity index is 756. The largest absolute Gasteiger partial charge is 0.493 e. The quantitative estimate of drug-likeness (QED) is 0.604. The van der Waals surface area contributed by atoms with Gasteiger partial charge in [-0.05, 0) is 19.1 Å². The summed E-state index contributed by atoms with van der Waals surface area (Å²) in [4.78, 5) is 35.3. The third kappa shape index (κ3) is 2.83. The maximum atomic E-state index is 12.2. The number of hydrogen-bond donors (Lipinski definition) is 2. The number of hydrogen-bond acceptors (Lipinski definition) is 6. The monoisotopic (exact) mass is 334 g/mol. The van der Waals surface area contributed by atoms with Gasteiger partial charge in [-0.1, -0.05) is 0 Å². The SMILES string of the molecule is CCOc1cc2c(cc1/C=C1/NC(=O)N(CC(=O)O)C1=O)OCO2. The summed E-state index contributed by atoms with van der Waals surface area (Å²) in [6.07, 6.45) is 1.41. The molecule has 0 aromatic heterocycles. The molecule has 2 aliphatic heterocycles. The number of carboxylic acid groups (broad SMARTS) is 1. The molecule has 24 heavy (non-hydrogen) atoms. The number of nitrogens with one attached hydrogen (secondary N) is 1. The zero-order valence-corrected chi connectivity index (χ0v) is 12.7. The zero-order chi connectivity index (χ0) is 17.3. The van der Waals surface area contributed by atoms with Crippen molar-refractivity contribution in [2.45, 2.75) is 6.92 Å². The van der Waals surface area contributed by atoms with Gasteiger partial charge in [-0.2, -0.15) is 0 Å². The van der Waals surface area contributed by atoms with Crippen LogP contribution in [0.1, 0.15) is 12.5 Å². The van der Waals surface area contributed by atoms with Crippen LogP contribution < -0.4 is 19.5 Å². The van der Waals surface area contributed by atoms with Crippen molar-refractivity contribution in [1.82, 2.24) is 10.2 Å². The molecule has 3 amide bonds. The Labute approximate surface area is 136 Å². The number of aliphatic carboxylic acids is 1. The molecule has 0 saturated carbocycles. The van der Waals surface area contributed by atoms with E-state index in [9.17, 15) is 14.4 Å². The van der Waals surface area contributed by atoms with Crippen molar-refractivity contribution < 1.29 is 33.7 Å². The van der Waals surface area contributed by atoms with E-state index in [1.807, 2.05) is 0 Å². The summed E-state index contributed by atoms with van der Waals surface area (Å²) in [5, 5.41) is 11.1. The normalized spacial score (nSPS) is 17.4. The first-order chi connectivity index (χ1) is 11.5. The minimum absolute atomic E-state index is 0.0407. The van der Waals surface area contributed by atoms with Gasteiger partial charge in [0, 0.05) is 11.6 Å². The molecule has 126 valence electrons. The minimum atomic E-state index is -1.28. The average Bonchev–Trinajstić information content (AvgIpc) is 3.07. The third-order valence-corrected chi connectivity index (χ3v) is 3.36. The minimum Gasteiger partial charge on any atom is -0.493 e. The Morgan fingerprint density at radius 2 is 2.08 bits per heavy atom. The maximum absolute atomic E-state index is 12.2. The van der Waals surface area contributed by atoms with Crippen molar-refractivity contribution in [3.63, 3.8) is 0 Å². The topological polar surface area (TPSA) is 114 Å². The lowest BCUT2D eigenvalue weighted by Gasteiger charge is -2.09. The highest BCUT2D eigenvalue weighted by molar-refractivity contribution is 6.15. The Morgan fingerprint density at radius 1 is 1.38 bits per heavy atom. The van der Waals surface area contributed by atoms with Gasteiger partial charge in [0.2, 0.25) is 6.79 Å². The molecular formula is C15H14N2O7. The molecule has 1 aromatic rings. The van der Waals surface area contributed by atoms with Gasteiger partial charge in [0.1, 0.15) is 18.0 Å². The van der Waals surface area contributed by atoms with Gasteiger partial charge >= 0.3 is 12.0 Å². The lowest BCUT2D eigenvalue weighted by molar-refractivity contribution is -0.140. The number of carbonyl (C=O) groups excluding carboxylic acids is 2. The molecule has 0 unspecified atom stereocenters. The van der Waals surface area contributed by atoms with Crippen LogP contribution in [0.2, 0.25) is 0 Å². The summed E-state index contributed by atoms with van der Waals surface area (Å²) >= 11 is 0. The van der Waals surface area contributed by atoms with Crippen molar-refractivity contribution >= 4 is 24.0 Å². The first kappa shape index (κ1) is 15.7. The number of imide groups is 1. The van der Waals surface area contributed by atoms with Gasteiger partial charge in [-0.25, -0.2) is 9.69 Å². The predicted molar refractivity (Wildman–Crippen MR) is 79.6 cm³/mol. The van der Waals surface area contributed by atoms with E-state index in [0.29, 0.717) is 34.3 Å². The summed E-state index contributed by atoms with van der Waals surface area (Å²) in [6.45, 7) is 1.57. The number of benzene rings is 1. The van der Waals surface area contributed by atoms with Crippen LogP contribution in [0.15, 0.2) is 17.8 Å². The molecule has 0 bridgehead atoms. The van der Waals surface area contributed by atoms with Crippen LogP contribution >= 0.6 is 0 Å². The summed E-state index contributed by atoms with van der Waals surface area (Å²) in [5.74, 6) is -0.535. The fourth-order valence-corrected chi connectivity index (χ4v) is 2.34. The zero-order valence-electron chi connectivity index (χ0n) is 12.7. The number of ether oxygens (including phenoxy) is 3. The second kappa shape index (κ2) is 6.11. The van der Waals surface area contributed by atoms with Gasteiger partial charge in [0.25, 0.3) is 5.91 Å². The van der Waals surface area contributed by atoms with Crippen molar-refractivity contribution in [2.75, 3.05) is 19.9 Å². The highest BCUT2D eigenvalue weighted by Gasteiger charge is 2.35. The number of nitrogens with zero attached hydrogens (tertiary/aromatic N) is 1. The van der Waals surface area contributed by atoms with Gasteiger partial charge in [-0.3, -0.25) is 9.59 Å². The van der Waals surface area contributed by atoms with Crippen molar-refractivity contribution in [3.8, 4) is 17.2 Å². The van der Waals surface area contributed by atoms with Crippen LogP contribution in [0, 0.1) is 0 Å². The fraction of sp³-hybridized carbons (Fsp3) is 0.267. The first-order valence-electron chi connectivity index (χ1n) is 7.12. The first-order valence-corrected chi connectivity index (χ1v) is 7.12. The average molecular weight is 334 g/mol. The molecule has 1 fully saturated rings. The van der Waals surface area contributed by atoms with Crippen LogP contribution in [0.25, 0.3) is 6.08 Å². The number of carboxylic acids is 1. The van der Waals surface area contributed by atoms with Crippen LogP contribution in [-0.2, 0) is 9.59 Å². The van der Waals surface area contributed by atoms with E-state index >= 15 is 0 Å². The lowest BCUT2D eigenvalue weighted by Crippen LogP contribution is -2.35. The molecule has 2 aliphatic rings. The highest BCUT2D eigenvalue weighted by atomic mass is 16.7. The lowest BCUT2D eigenvalue weighted by atomic mass is 10.1. The molecule has 9 heteroatoms. The molecule has 2 N–H and O–H groups in total. The molecule has 0 aliphatic carbocycles. The Kier molecular flexibility index (Phi) is 3.98. The molecule has 1 saturated heterocycles. The van der Waals surface area contributed by atoms with E-state index in [-0.39, 0.29) is 12.5 Å². The van der Waals surface area contributed by atoms with Gasteiger partial charge in [-0.15, -0.1) is 0 Å². The van der Waals surface area contributed by atoms with Gasteiger partial charge in [0.05, 0.1) is 6.61 Å². The van der Waals surface area contributed by atoms with E-state index in [1.165, 1.54) is 6.08 Å². The molecule has 0 radical (unpaired) electrons. The van der Waals surface area contributed by atoms with Crippen molar-refractivity contribution in [1.29, 1.82) is 0 Å². The van der Waals surface area contributed by atoms with E-state index in [0.717, 1.165) is 0 Å². The van der Waals surface area contributed by atoms with E-state index in [4.69, 9.17) is 19.3 Å². The molecule has 2 heterocycles. The second-order valence-electron chi connectivity index (χ2n) is 4.95. The van der Waals surface area contributed by atoms with Crippen LogP contribution in [0.5, 0.6) is 17.2 Å². The van der Waals surface area contributed by atoms with E-state index < -0.39 is 24.5 Å². The second-order valence-corrected chi connectivity index (χ2v) is 4.95. The Balaban J connectivity index is 1.95. The predicted octanol–water partition coefficient (Wildman–Crippen LogP) is 0.791. The molecule has 9 nitrogen and oxygen atoms in total. The number of carbonyl (C=O) groups is 3. The summed E-state index contributed by atoms with van der Waals surface area (Å²) in [6, 6.07) is 2.47. The van der Waals surface area contributed by atoms with Crippen LogP contribution in [0.4, 0.5) is 4.79 Å². The van der Waals surface area contributed by atoms with E-state index in [2.05, 4.69) is 5.32 Å². The summed E-state index contributed by atoms with van der Waals surface area (Å²) in [5.41, 5.74) is 0.461. The van der Waals surface area contributed by atoms with E-state index in [1.54, 1.807) is 19.1 Å². The molecular weight excluding hydrogens is 320 g/mol. The molecule has 0 spiro atoms. The number of rotatable bonds is 5. The van der Waals surface area contributed by atoms with Crippen LogP contribution in [-0.4, -0.2) is 47.9 Å². The fourth-order valence-electron chi connectivity index (χ4n) is 2.34. The number of fused-ring (bicyclic) bond motifs is 1.